The van der Waals surface area contributed by atoms with Gasteiger partial charge in [-0.1, -0.05) is 42.0 Å². The van der Waals surface area contributed by atoms with Crippen LogP contribution in [0.3, 0.4) is 0 Å². The van der Waals surface area contributed by atoms with Gasteiger partial charge in [-0.3, -0.25) is 4.79 Å². The maximum absolute atomic E-state index is 12.8. The zero-order valence-corrected chi connectivity index (χ0v) is 14.8. The van der Waals surface area contributed by atoms with Crippen LogP contribution in [-0.4, -0.2) is 27.4 Å². The van der Waals surface area contributed by atoms with Crippen molar-refractivity contribution in [2.75, 3.05) is 6.61 Å². The molecule has 0 saturated carbocycles. The van der Waals surface area contributed by atoms with Crippen molar-refractivity contribution in [3.63, 3.8) is 0 Å². The Balaban J connectivity index is 1.91. The number of ether oxygens (including phenoxy) is 1. The predicted molar refractivity (Wildman–Crippen MR) is 95.0 cm³/mol. The average Bonchev–Trinajstić information content (AvgIpc) is 3.15. The van der Waals surface area contributed by atoms with Crippen molar-refractivity contribution < 1.29 is 17.9 Å². The Bertz CT molecular complexity index is 823. The molecule has 3 rings (SSSR count). The van der Waals surface area contributed by atoms with Crippen LogP contribution in [0.1, 0.15) is 40.4 Å². The average molecular weight is 359 g/mol. The summed E-state index contributed by atoms with van der Waals surface area (Å²) in [5.74, 6) is 0. The van der Waals surface area contributed by atoms with Crippen LogP contribution in [0.4, 0.5) is 0 Å². The Kier molecular flexibility index (Phi) is 5.32. The van der Waals surface area contributed by atoms with Gasteiger partial charge >= 0.3 is 0 Å². The number of aldehydes is 1. The fourth-order valence-electron chi connectivity index (χ4n) is 2.96. The van der Waals surface area contributed by atoms with Crippen molar-refractivity contribution >= 4 is 16.3 Å². The van der Waals surface area contributed by atoms with Crippen LogP contribution in [0.25, 0.3) is 0 Å². The van der Waals surface area contributed by atoms with E-state index in [0.717, 1.165) is 30.3 Å². The van der Waals surface area contributed by atoms with Gasteiger partial charge in [0.05, 0.1) is 17.0 Å². The number of hydrogen-bond acceptors (Lipinski definition) is 4. The van der Waals surface area contributed by atoms with E-state index >= 15 is 0 Å². The molecule has 25 heavy (non-hydrogen) atoms. The summed E-state index contributed by atoms with van der Waals surface area (Å²) in [6.45, 7) is 2.54. The van der Waals surface area contributed by atoms with Gasteiger partial charge in [-0.15, -0.1) is 0 Å². The van der Waals surface area contributed by atoms with E-state index in [4.69, 9.17) is 4.74 Å². The Hall–Kier alpha value is -2.02. The van der Waals surface area contributed by atoms with Gasteiger partial charge in [0.2, 0.25) is 10.0 Å². The lowest BCUT2D eigenvalue weighted by atomic mass is 9.99. The largest absolute Gasteiger partial charge is 0.376 e. The Morgan fingerprint density at radius 1 is 1.12 bits per heavy atom. The predicted octanol–water partition coefficient (Wildman–Crippen LogP) is 3.01. The first-order valence-corrected chi connectivity index (χ1v) is 9.74. The van der Waals surface area contributed by atoms with Crippen LogP contribution in [0.2, 0.25) is 0 Å². The maximum atomic E-state index is 12.8. The third-order valence-electron chi connectivity index (χ3n) is 4.38. The van der Waals surface area contributed by atoms with E-state index in [9.17, 15) is 13.2 Å². The molecule has 2 aromatic carbocycles. The maximum Gasteiger partial charge on any atom is 0.241 e. The van der Waals surface area contributed by atoms with E-state index in [1.54, 1.807) is 48.5 Å². The minimum Gasteiger partial charge on any atom is -0.376 e. The molecule has 0 spiro atoms. The highest BCUT2D eigenvalue weighted by Gasteiger charge is 2.31. The SMILES string of the molecule is Cc1ccc(S(=O)(=O)NC(c2ccc(C=O)cc2)C2CCCO2)cc1. The number of sulfonamides is 1. The van der Waals surface area contributed by atoms with Crippen molar-refractivity contribution in [1.29, 1.82) is 0 Å². The number of benzene rings is 2. The molecular formula is C19H21NO4S. The first-order valence-electron chi connectivity index (χ1n) is 8.25. The number of nitrogens with one attached hydrogen (secondary N) is 1. The van der Waals surface area contributed by atoms with Crippen molar-refractivity contribution in [2.45, 2.75) is 36.8 Å². The number of carbonyl (C=O) groups excluding carboxylic acids is 1. The lowest BCUT2D eigenvalue weighted by Gasteiger charge is -2.24. The van der Waals surface area contributed by atoms with Crippen molar-refractivity contribution in [3.8, 4) is 0 Å². The summed E-state index contributed by atoms with van der Waals surface area (Å²) in [5, 5.41) is 0. The summed E-state index contributed by atoms with van der Waals surface area (Å²) < 4.78 is 34.1. The molecule has 2 unspecified atom stereocenters. The van der Waals surface area contributed by atoms with Crippen LogP contribution >= 0.6 is 0 Å². The van der Waals surface area contributed by atoms with E-state index in [0.29, 0.717) is 12.2 Å². The smallest absolute Gasteiger partial charge is 0.241 e. The van der Waals surface area contributed by atoms with Crippen molar-refractivity contribution in [1.82, 2.24) is 4.72 Å². The van der Waals surface area contributed by atoms with Gasteiger partial charge in [0.25, 0.3) is 0 Å². The van der Waals surface area contributed by atoms with Gasteiger partial charge < -0.3 is 4.74 Å². The quantitative estimate of drug-likeness (QED) is 0.805. The first-order chi connectivity index (χ1) is 12.0. The van der Waals surface area contributed by atoms with Gasteiger partial charge in [-0.25, -0.2) is 13.1 Å². The second kappa shape index (κ2) is 7.47. The van der Waals surface area contributed by atoms with Gasteiger partial charge in [0, 0.05) is 12.2 Å². The van der Waals surface area contributed by atoms with Crippen LogP contribution in [0.5, 0.6) is 0 Å². The molecule has 0 aliphatic carbocycles. The molecule has 0 amide bonds. The standard InChI is InChI=1S/C19H21NO4S/c1-14-4-10-17(11-5-14)25(22,23)20-19(18-3-2-12-24-18)16-8-6-15(13-21)7-9-16/h4-11,13,18-20H,2-3,12H2,1H3. The van der Waals surface area contributed by atoms with Crippen LogP contribution in [0, 0.1) is 6.92 Å². The molecule has 5 nitrogen and oxygen atoms in total. The fraction of sp³-hybridized carbons (Fsp3) is 0.316. The summed E-state index contributed by atoms with van der Waals surface area (Å²) >= 11 is 0. The summed E-state index contributed by atoms with van der Waals surface area (Å²) in [6.07, 6.45) is 2.24. The van der Waals surface area contributed by atoms with E-state index in [1.165, 1.54) is 0 Å². The highest BCUT2D eigenvalue weighted by atomic mass is 32.2. The number of rotatable bonds is 6. The molecule has 0 bridgehead atoms. The molecule has 132 valence electrons. The summed E-state index contributed by atoms with van der Waals surface area (Å²) in [5.41, 5.74) is 2.34. The summed E-state index contributed by atoms with van der Waals surface area (Å²) in [4.78, 5) is 11.1. The van der Waals surface area contributed by atoms with Gasteiger partial charge in [0.15, 0.2) is 0 Å². The van der Waals surface area contributed by atoms with E-state index < -0.39 is 16.1 Å². The Morgan fingerprint density at radius 2 is 1.80 bits per heavy atom. The van der Waals surface area contributed by atoms with E-state index in [2.05, 4.69) is 4.72 Å². The van der Waals surface area contributed by atoms with Crippen LogP contribution in [0.15, 0.2) is 53.4 Å². The number of hydrogen-bond donors (Lipinski definition) is 1. The zero-order chi connectivity index (χ0) is 17.9. The molecule has 6 heteroatoms. The van der Waals surface area contributed by atoms with Gasteiger partial charge in [-0.05, 0) is 37.5 Å². The molecule has 1 aliphatic rings. The summed E-state index contributed by atoms with van der Waals surface area (Å²) in [6, 6.07) is 13.2. The molecule has 1 saturated heterocycles. The minimum atomic E-state index is -3.68. The minimum absolute atomic E-state index is 0.220. The Labute approximate surface area is 148 Å². The normalized spacial score (nSPS) is 18.8. The van der Waals surface area contributed by atoms with Crippen LogP contribution in [-0.2, 0) is 14.8 Å². The molecule has 2 aromatic rings. The molecule has 1 aliphatic heterocycles. The van der Waals surface area contributed by atoms with Crippen molar-refractivity contribution in [3.05, 3.63) is 65.2 Å². The second-order valence-corrected chi connectivity index (χ2v) is 7.96. The Morgan fingerprint density at radius 3 is 2.36 bits per heavy atom. The first kappa shape index (κ1) is 17.8. The topological polar surface area (TPSA) is 72.5 Å². The van der Waals surface area contributed by atoms with Gasteiger partial charge in [0.1, 0.15) is 6.29 Å². The lowest BCUT2D eigenvalue weighted by molar-refractivity contribution is 0.0852. The molecule has 0 radical (unpaired) electrons. The van der Waals surface area contributed by atoms with Crippen LogP contribution < -0.4 is 4.72 Å². The molecular weight excluding hydrogens is 338 g/mol. The highest BCUT2D eigenvalue weighted by Crippen LogP contribution is 2.29. The third-order valence-corrected chi connectivity index (χ3v) is 5.84. The van der Waals surface area contributed by atoms with E-state index in [-0.39, 0.29) is 11.0 Å². The molecule has 0 aromatic heterocycles. The number of aryl methyl sites for hydroxylation is 1. The van der Waals surface area contributed by atoms with E-state index in [1.807, 2.05) is 6.92 Å². The molecule has 1 N–H and O–H groups in total. The lowest BCUT2D eigenvalue weighted by Crippen LogP contribution is -2.36. The molecule has 2 atom stereocenters. The fourth-order valence-corrected chi connectivity index (χ4v) is 4.21. The number of carbonyl (C=O) groups is 1. The zero-order valence-electron chi connectivity index (χ0n) is 14.0. The molecule has 1 fully saturated rings. The summed E-state index contributed by atoms with van der Waals surface area (Å²) in [7, 11) is -3.68. The third kappa shape index (κ3) is 4.15. The monoisotopic (exact) mass is 359 g/mol. The second-order valence-electron chi connectivity index (χ2n) is 6.25. The van der Waals surface area contributed by atoms with Crippen molar-refractivity contribution in [2.24, 2.45) is 0 Å². The van der Waals surface area contributed by atoms with Gasteiger partial charge in [-0.2, -0.15) is 0 Å². The molecule has 1 heterocycles. The highest BCUT2D eigenvalue weighted by molar-refractivity contribution is 7.89.